The third-order valence-corrected chi connectivity index (χ3v) is 2.46. The van der Waals surface area contributed by atoms with Crippen LogP contribution in [0.15, 0.2) is 42.5 Å². The molecular weight excluding hydrogens is 222 g/mol. The van der Waals surface area contributed by atoms with Crippen molar-refractivity contribution in [3.63, 3.8) is 0 Å². The molecule has 88 valence electrons. The van der Waals surface area contributed by atoms with Gasteiger partial charge in [0.1, 0.15) is 24.0 Å². The Morgan fingerprint density at radius 1 is 0.941 bits per heavy atom. The molecule has 0 heterocycles. The van der Waals surface area contributed by atoms with Crippen LogP contribution in [-0.2, 0) is 6.61 Å². The van der Waals surface area contributed by atoms with Crippen LogP contribution in [0.25, 0.3) is 0 Å². The molecule has 2 aromatic carbocycles. The van der Waals surface area contributed by atoms with E-state index in [4.69, 9.17) is 4.74 Å². The lowest BCUT2D eigenvalue weighted by Gasteiger charge is -2.09. The fourth-order valence-electron chi connectivity index (χ4n) is 1.47. The van der Waals surface area contributed by atoms with Gasteiger partial charge in [0, 0.05) is 6.07 Å². The van der Waals surface area contributed by atoms with Crippen molar-refractivity contribution < 1.29 is 13.5 Å². The molecule has 0 aromatic heterocycles. The van der Waals surface area contributed by atoms with Crippen LogP contribution in [0.5, 0.6) is 5.75 Å². The Balaban J connectivity index is 2.07. The zero-order valence-corrected chi connectivity index (χ0v) is 9.41. The molecule has 0 radical (unpaired) electrons. The first-order valence-electron chi connectivity index (χ1n) is 5.28. The highest BCUT2D eigenvalue weighted by molar-refractivity contribution is 5.33. The summed E-state index contributed by atoms with van der Waals surface area (Å²) in [5.41, 5.74) is 1.71. The average molecular weight is 234 g/mol. The summed E-state index contributed by atoms with van der Waals surface area (Å²) in [7, 11) is 0. The molecule has 0 aliphatic heterocycles. The zero-order chi connectivity index (χ0) is 12.3. The predicted octanol–water partition coefficient (Wildman–Crippen LogP) is 3.85. The molecule has 0 fully saturated rings. The van der Waals surface area contributed by atoms with E-state index in [9.17, 15) is 8.78 Å². The molecule has 0 aliphatic carbocycles. The summed E-state index contributed by atoms with van der Waals surface area (Å²) in [6.07, 6.45) is 0. The number of hydrogen-bond acceptors (Lipinski definition) is 1. The lowest BCUT2D eigenvalue weighted by molar-refractivity contribution is 0.302. The molecule has 0 spiro atoms. The second-order valence-electron chi connectivity index (χ2n) is 3.82. The molecule has 0 amide bonds. The first-order chi connectivity index (χ1) is 8.15. The Morgan fingerprint density at radius 3 is 2.29 bits per heavy atom. The van der Waals surface area contributed by atoms with Crippen LogP contribution in [0.4, 0.5) is 8.78 Å². The standard InChI is InChI=1S/C14H12F2O/c1-10-2-5-13(16)8-14(10)17-9-11-3-6-12(15)7-4-11/h2-8H,9H2,1H3. The maximum Gasteiger partial charge on any atom is 0.126 e. The van der Waals surface area contributed by atoms with Crippen molar-refractivity contribution in [3.8, 4) is 5.75 Å². The van der Waals surface area contributed by atoms with E-state index in [0.29, 0.717) is 12.4 Å². The molecule has 3 heteroatoms. The van der Waals surface area contributed by atoms with E-state index in [1.807, 2.05) is 6.92 Å². The van der Waals surface area contributed by atoms with E-state index in [2.05, 4.69) is 0 Å². The van der Waals surface area contributed by atoms with E-state index >= 15 is 0 Å². The Hall–Kier alpha value is -1.90. The SMILES string of the molecule is Cc1ccc(F)cc1OCc1ccc(F)cc1. The number of rotatable bonds is 3. The molecule has 0 bridgehead atoms. The zero-order valence-electron chi connectivity index (χ0n) is 9.41. The largest absolute Gasteiger partial charge is 0.489 e. The normalized spacial score (nSPS) is 10.3. The molecule has 0 saturated heterocycles. The minimum Gasteiger partial charge on any atom is -0.489 e. The van der Waals surface area contributed by atoms with Crippen LogP contribution in [0, 0.1) is 18.6 Å². The summed E-state index contributed by atoms with van der Waals surface area (Å²) in [6.45, 7) is 2.14. The van der Waals surface area contributed by atoms with Crippen molar-refractivity contribution in [2.45, 2.75) is 13.5 Å². The van der Waals surface area contributed by atoms with Gasteiger partial charge in [0.2, 0.25) is 0 Å². The lowest BCUT2D eigenvalue weighted by atomic mass is 10.2. The van der Waals surface area contributed by atoms with Crippen molar-refractivity contribution in [2.24, 2.45) is 0 Å². The molecule has 0 saturated carbocycles. The predicted molar refractivity (Wildman–Crippen MR) is 61.9 cm³/mol. The van der Waals surface area contributed by atoms with Crippen molar-refractivity contribution in [1.29, 1.82) is 0 Å². The smallest absolute Gasteiger partial charge is 0.126 e. The van der Waals surface area contributed by atoms with Gasteiger partial charge in [0.05, 0.1) is 0 Å². The van der Waals surface area contributed by atoms with E-state index in [-0.39, 0.29) is 11.6 Å². The van der Waals surface area contributed by atoms with Gasteiger partial charge in [-0.05, 0) is 36.2 Å². The summed E-state index contributed by atoms with van der Waals surface area (Å²) >= 11 is 0. The fourth-order valence-corrected chi connectivity index (χ4v) is 1.47. The third-order valence-electron chi connectivity index (χ3n) is 2.46. The molecule has 0 aliphatic rings. The molecule has 2 aromatic rings. The van der Waals surface area contributed by atoms with Gasteiger partial charge in [-0.3, -0.25) is 0 Å². The molecule has 0 N–H and O–H groups in total. The highest BCUT2D eigenvalue weighted by atomic mass is 19.1. The Labute approximate surface area is 98.7 Å². The fraction of sp³-hybridized carbons (Fsp3) is 0.143. The van der Waals surface area contributed by atoms with Crippen LogP contribution in [-0.4, -0.2) is 0 Å². The van der Waals surface area contributed by atoms with E-state index < -0.39 is 0 Å². The van der Waals surface area contributed by atoms with Crippen LogP contribution in [0.1, 0.15) is 11.1 Å². The Bertz CT molecular complexity index is 506. The lowest BCUT2D eigenvalue weighted by Crippen LogP contribution is -1.97. The van der Waals surface area contributed by atoms with E-state index in [1.165, 1.54) is 24.3 Å². The van der Waals surface area contributed by atoms with Crippen LogP contribution < -0.4 is 4.74 Å². The summed E-state index contributed by atoms with van der Waals surface area (Å²) in [6, 6.07) is 10.4. The van der Waals surface area contributed by atoms with Crippen molar-refractivity contribution >= 4 is 0 Å². The third kappa shape index (κ3) is 3.03. The van der Waals surface area contributed by atoms with E-state index in [1.54, 1.807) is 18.2 Å². The number of halogens is 2. The monoisotopic (exact) mass is 234 g/mol. The first-order valence-corrected chi connectivity index (χ1v) is 5.28. The van der Waals surface area contributed by atoms with Crippen molar-refractivity contribution in [1.82, 2.24) is 0 Å². The van der Waals surface area contributed by atoms with Gasteiger partial charge < -0.3 is 4.74 Å². The number of aryl methyl sites for hydroxylation is 1. The number of ether oxygens (including phenoxy) is 1. The second-order valence-corrected chi connectivity index (χ2v) is 3.82. The number of hydrogen-bond donors (Lipinski definition) is 0. The van der Waals surface area contributed by atoms with Crippen LogP contribution in [0.3, 0.4) is 0 Å². The molecule has 0 atom stereocenters. The van der Waals surface area contributed by atoms with Gasteiger partial charge in [-0.2, -0.15) is 0 Å². The summed E-state index contributed by atoms with van der Waals surface area (Å²) < 4.78 is 31.2. The van der Waals surface area contributed by atoms with Gasteiger partial charge in [-0.1, -0.05) is 18.2 Å². The van der Waals surface area contributed by atoms with Crippen molar-refractivity contribution in [2.75, 3.05) is 0 Å². The summed E-state index contributed by atoms with van der Waals surface area (Å²) in [5, 5.41) is 0. The summed E-state index contributed by atoms with van der Waals surface area (Å²) in [4.78, 5) is 0. The van der Waals surface area contributed by atoms with Crippen molar-refractivity contribution in [3.05, 3.63) is 65.2 Å². The molecule has 2 rings (SSSR count). The second kappa shape index (κ2) is 4.95. The highest BCUT2D eigenvalue weighted by Crippen LogP contribution is 2.20. The van der Waals surface area contributed by atoms with Gasteiger partial charge in [0.15, 0.2) is 0 Å². The molecule has 1 nitrogen and oxygen atoms in total. The minimum absolute atomic E-state index is 0.282. The van der Waals surface area contributed by atoms with Gasteiger partial charge in [0.25, 0.3) is 0 Å². The first kappa shape index (κ1) is 11.6. The Morgan fingerprint density at radius 2 is 1.59 bits per heavy atom. The van der Waals surface area contributed by atoms with Crippen LogP contribution >= 0.6 is 0 Å². The molecule has 17 heavy (non-hydrogen) atoms. The van der Waals surface area contributed by atoms with Crippen LogP contribution in [0.2, 0.25) is 0 Å². The van der Waals surface area contributed by atoms with Gasteiger partial charge in [-0.15, -0.1) is 0 Å². The maximum absolute atomic E-state index is 13.0. The Kier molecular flexibility index (Phi) is 3.38. The molecular formula is C14H12F2O. The summed E-state index contributed by atoms with van der Waals surface area (Å²) in [5.74, 6) is -0.102. The maximum atomic E-state index is 13.0. The highest BCUT2D eigenvalue weighted by Gasteiger charge is 2.02. The number of benzene rings is 2. The minimum atomic E-state index is -0.329. The van der Waals surface area contributed by atoms with Gasteiger partial charge >= 0.3 is 0 Å². The van der Waals surface area contributed by atoms with Gasteiger partial charge in [-0.25, -0.2) is 8.78 Å². The topological polar surface area (TPSA) is 9.23 Å². The van der Waals surface area contributed by atoms with E-state index in [0.717, 1.165) is 11.1 Å². The quantitative estimate of drug-likeness (QED) is 0.783. The molecule has 0 unspecified atom stereocenters. The average Bonchev–Trinajstić information content (AvgIpc) is 2.32.